The van der Waals surface area contributed by atoms with Gasteiger partial charge in [-0.3, -0.25) is 9.69 Å². The van der Waals surface area contributed by atoms with Gasteiger partial charge in [0.05, 0.1) is 13.7 Å². The minimum absolute atomic E-state index is 0.161. The number of ether oxygens (including phenoxy) is 2. The molecule has 1 N–H and O–H groups in total. The second-order valence-corrected chi connectivity index (χ2v) is 7.63. The number of nitrogens with zero attached hydrogens (tertiary/aromatic N) is 1. The van der Waals surface area contributed by atoms with Crippen molar-refractivity contribution in [3.8, 4) is 11.5 Å². The number of hydrogen-bond acceptors (Lipinski definition) is 4. The lowest BCUT2D eigenvalue weighted by atomic mass is 10.1. The maximum Gasteiger partial charge on any atom is 0.329 e. The first-order valence-corrected chi connectivity index (χ1v) is 10.3. The SMILES string of the molecule is COc1cc(/C=C2\NC(=O)N(Cc3ccc(Cl)cc3)C2=O)ccc1OCc1ccccc1. The van der Waals surface area contributed by atoms with E-state index in [1.165, 1.54) is 0 Å². The summed E-state index contributed by atoms with van der Waals surface area (Å²) >= 11 is 5.90. The number of methoxy groups -OCH3 is 1. The molecule has 0 saturated carbocycles. The summed E-state index contributed by atoms with van der Waals surface area (Å²) in [7, 11) is 1.55. The van der Waals surface area contributed by atoms with Crippen molar-refractivity contribution < 1.29 is 19.1 Å². The van der Waals surface area contributed by atoms with Crippen LogP contribution in [0.2, 0.25) is 5.02 Å². The summed E-state index contributed by atoms with van der Waals surface area (Å²) in [5.41, 5.74) is 2.75. The minimum Gasteiger partial charge on any atom is -0.493 e. The van der Waals surface area contributed by atoms with Crippen LogP contribution in [0.3, 0.4) is 0 Å². The highest BCUT2D eigenvalue weighted by Crippen LogP contribution is 2.30. The van der Waals surface area contributed by atoms with Gasteiger partial charge in [-0.05, 0) is 47.0 Å². The average molecular weight is 449 g/mol. The molecule has 0 aromatic heterocycles. The second-order valence-electron chi connectivity index (χ2n) is 7.19. The quantitative estimate of drug-likeness (QED) is 0.407. The van der Waals surface area contributed by atoms with E-state index in [9.17, 15) is 9.59 Å². The smallest absolute Gasteiger partial charge is 0.329 e. The normalized spacial score (nSPS) is 14.6. The van der Waals surface area contributed by atoms with Crippen LogP contribution >= 0.6 is 11.6 Å². The summed E-state index contributed by atoms with van der Waals surface area (Å²) in [6.07, 6.45) is 1.62. The molecular formula is C25H21ClN2O4. The van der Waals surface area contributed by atoms with Crippen LogP contribution < -0.4 is 14.8 Å². The molecule has 3 aromatic carbocycles. The predicted molar refractivity (Wildman–Crippen MR) is 122 cm³/mol. The summed E-state index contributed by atoms with van der Waals surface area (Å²) in [6.45, 7) is 0.570. The number of amides is 3. The Morgan fingerprint density at radius 2 is 1.69 bits per heavy atom. The van der Waals surface area contributed by atoms with E-state index < -0.39 is 11.9 Å². The zero-order valence-electron chi connectivity index (χ0n) is 17.4. The van der Waals surface area contributed by atoms with Gasteiger partial charge in [0.2, 0.25) is 0 Å². The fourth-order valence-electron chi connectivity index (χ4n) is 3.28. The van der Waals surface area contributed by atoms with E-state index in [1.54, 1.807) is 55.7 Å². The third-order valence-electron chi connectivity index (χ3n) is 4.95. The van der Waals surface area contributed by atoms with E-state index in [0.717, 1.165) is 16.0 Å². The van der Waals surface area contributed by atoms with Crippen molar-refractivity contribution in [2.45, 2.75) is 13.2 Å². The van der Waals surface area contributed by atoms with E-state index in [-0.39, 0.29) is 12.2 Å². The Hall–Kier alpha value is -3.77. The largest absolute Gasteiger partial charge is 0.493 e. The molecule has 1 heterocycles. The lowest BCUT2D eigenvalue weighted by molar-refractivity contribution is -0.123. The van der Waals surface area contributed by atoms with Gasteiger partial charge in [0.1, 0.15) is 12.3 Å². The van der Waals surface area contributed by atoms with Gasteiger partial charge in [-0.2, -0.15) is 0 Å². The lowest BCUT2D eigenvalue weighted by Crippen LogP contribution is -2.30. The molecular weight excluding hydrogens is 428 g/mol. The highest BCUT2D eigenvalue weighted by Gasteiger charge is 2.33. The van der Waals surface area contributed by atoms with E-state index >= 15 is 0 Å². The molecule has 1 fully saturated rings. The van der Waals surface area contributed by atoms with Crippen molar-refractivity contribution in [3.05, 3.63) is 100 Å². The molecule has 0 bridgehead atoms. The fourth-order valence-corrected chi connectivity index (χ4v) is 3.41. The number of rotatable bonds is 7. The third kappa shape index (κ3) is 4.92. The zero-order chi connectivity index (χ0) is 22.5. The molecule has 4 rings (SSSR count). The Morgan fingerprint density at radius 3 is 2.41 bits per heavy atom. The molecule has 6 nitrogen and oxygen atoms in total. The maximum atomic E-state index is 12.8. The van der Waals surface area contributed by atoms with E-state index in [1.807, 2.05) is 30.3 Å². The van der Waals surface area contributed by atoms with Crippen molar-refractivity contribution in [2.24, 2.45) is 0 Å². The van der Waals surface area contributed by atoms with Crippen LogP contribution in [0.15, 0.2) is 78.5 Å². The molecule has 0 aliphatic carbocycles. The Labute approximate surface area is 191 Å². The summed E-state index contributed by atoms with van der Waals surface area (Å²) in [5.74, 6) is 0.725. The molecule has 3 amide bonds. The Balaban J connectivity index is 1.48. The molecule has 162 valence electrons. The summed E-state index contributed by atoms with van der Waals surface area (Å²) in [4.78, 5) is 26.3. The van der Waals surface area contributed by atoms with Gasteiger partial charge in [-0.25, -0.2) is 4.79 Å². The standard InChI is InChI=1S/C25H21ClN2O4/c1-31-23-14-19(9-12-22(23)32-16-18-5-3-2-4-6-18)13-21-24(29)28(25(30)27-21)15-17-7-10-20(26)11-8-17/h2-14H,15-16H2,1H3,(H,27,30)/b21-13-. The van der Waals surface area contributed by atoms with Gasteiger partial charge >= 0.3 is 6.03 Å². The van der Waals surface area contributed by atoms with Crippen molar-refractivity contribution in [1.82, 2.24) is 10.2 Å². The molecule has 32 heavy (non-hydrogen) atoms. The number of urea groups is 1. The molecule has 1 saturated heterocycles. The Kier molecular flexibility index (Phi) is 6.42. The molecule has 0 spiro atoms. The van der Waals surface area contributed by atoms with Crippen LogP contribution in [0.25, 0.3) is 6.08 Å². The highest BCUT2D eigenvalue weighted by molar-refractivity contribution is 6.30. The fraction of sp³-hybridized carbons (Fsp3) is 0.120. The minimum atomic E-state index is -0.467. The molecule has 7 heteroatoms. The first kappa shape index (κ1) is 21.5. The number of nitrogens with one attached hydrogen (secondary N) is 1. The van der Waals surface area contributed by atoms with E-state index in [4.69, 9.17) is 21.1 Å². The molecule has 1 aliphatic heterocycles. The van der Waals surface area contributed by atoms with Crippen LogP contribution in [0.4, 0.5) is 4.79 Å². The van der Waals surface area contributed by atoms with Crippen LogP contribution in [-0.2, 0) is 17.9 Å². The number of carbonyl (C=O) groups is 2. The van der Waals surface area contributed by atoms with Crippen molar-refractivity contribution in [3.63, 3.8) is 0 Å². The summed E-state index contributed by atoms with van der Waals surface area (Å²) < 4.78 is 11.3. The molecule has 0 atom stereocenters. The Morgan fingerprint density at radius 1 is 0.938 bits per heavy atom. The lowest BCUT2D eigenvalue weighted by Gasteiger charge is -2.12. The van der Waals surface area contributed by atoms with Gasteiger partial charge in [0.15, 0.2) is 11.5 Å². The van der Waals surface area contributed by atoms with Gasteiger partial charge in [-0.1, -0.05) is 60.1 Å². The maximum absolute atomic E-state index is 12.8. The van der Waals surface area contributed by atoms with Crippen LogP contribution in [-0.4, -0.2) is 23.9 Å². The van der Waals surface area contributed by atoms with Crippen LogP contribution in [0.5, 0.6) is 11.5 Å². The number of imide groups is 1. The predicted octanol–water partition coefficient (Wildman–Crippen LogP) is 5.02. The Bertz CT molecular complexity index is 1160. The topological polar surface area (TPSA) is 67.9 Å². The number of halogens is 1. The van der Waals surface area contributed by atoms with E-state index in [2.05, 4.69) is 5.32 Å². The monoisotopic (exact) mass is 448 g/mol. The summed E-state index contributed by atoms with van der Waals surface area (Å²) in [6, 6.07) is 21.7. The first-order chi connectivity index (χ1) is 15.5. The number of carbonyl (C=O) groups excluding carboxylic acids is 2. The van der Waals surface area contributed by atoms with E-state index in [0.29, 0.717) is 28.7 Å². The van der Waals surface area contributed by atoms with Crippen molar-refractivity contribution >= 4 is 29.6 Å². The summed E-state index contributed by atoms with van der Waals surface area (Å²) in [5, 5.41) is 3.23. The number of benzene rings is 3. The highest BCUT2D eigenvalue weighted by atomic mass is 35.5. The van der Waals surface area contributed by atoms with Gasteiger partial charge in [-0.15, -0.1) is 0 Å². The number of hydrogen-bond donors (Lipinski definition) is 1. The first-order valence-electron chi connectivity index (χ1n) is 9.97. The van der Waals surface area contributed by atoms with Gasteiger partial charge < -0.3 is 14.8 Å². The van der Waals surface area contributed by atoms with Crippen LogP contribution in [0.1, 0.15) is 16.7 Å². The van der Waals surface area contributed by atoms with Crippen molar-refractivity contribution in [2.75, 3.05) is 7.11 Å². The van der Waals surface area contributed by atoms with Crippen molar-refractivity contribution in [1.29, 1.82) is 0 Å². The van der Waals surface area contributed by atoms with Crippen LogP contribution in [0, 0.1) is 0 Å². The van der Waals surface area contributed by atoms with Gasteiger partial charge in [0.25, 0.3) is 5.91 Å². The third-order valence-corrected chi connectivity index (χ3v) is 5.20. The average Bonchev–Trinajstić information content (AvgIpc) is 3.07. The van der Waals surface area contributed by atoms with Gasteiger partial charge in [0, 0.05) is 5.02 Å². The molecule has 0 unspecified atom stereocenters. The second kappa shape index (κ2) is 9.58. The molecule has 0 radical (unpaired) electrons. The zero-order valence-corrected chi connectivity index (χ0v) is 18.1. The molecule has 3 aromatic rings. The molecule has 1 aliphatic rings.